The maximum atomic E-state index is 14.1. The fourth-order valence-corrected chi connectivity index (χ4v) is 5.35. The number of alkyl halides is 3. The standard InChI is InChI=1S/C31H35F5N6O2/c1-17(2)27(30-41-40-29(44-30)21-7-5-10-25(31(34,35)36)38-18(3)15-21)28(39-19(4)37)20-11-13-42(14-12-20)26(43)16-22-23(32)8-6-9-24(22)33/h6,8-10,15,17,20H,5,7,11-14,16H2,1-4H3,(H2,37,39)/b21-15+,25-10-,28-27+,38-18-. The number of carbonyl (C=O) groups excluding carboxylic acids is 1. The lowest BCUT2D eigenvalue weighted by atomic mass is 9.87. The second-order valence-electron chi connectivity index (χ2n) is 11.2. The normalized spacial score (nSPS) is 21.5. The van der Waals surface area contributed by atoms with Gasteiger partial charge in [-0.25, -0.2) is 18.8 Å². The molecule has 1 saturated heterocycles. The number of aliphatic imine (C=N–C) groups is 2. The Balaban J connectivity index is 1.58. The smallest absolute Gasteiger partial charge is 0.417 e. The molecule has 2 aliphatic rings. The fraction of sp³-hybridized carbons (Fsp3) is 0.452. The summed E-state index contributed by atoms with van der Waals surface area (Å²) in [6, 6.07) is 3.51. The Labute approximate surface area is 252 Å². The number of allylic oxidation sites excluding steroid dienone is 6. The van der Waals surface area contributed by atoms with Crippen molar-refractivity contribution in [3.8, 4) is 0 Å². The van der Waals surface area contributed by atoms with Crippen molar-refractivity contribution in [2.24, 2.45) is 27.6 Å². The van der Waals surface area contributed by atoms with E-state index in [0.29, 0.717) is 48.6 Å². The molecule has 1 amide bonds. The van der Waals surface area contributed by atoms with Crippen molar-refractivity contribution in [2.45, 2.75) is 66.0 Å². The number of rotatable bonds is 7. The molecule has 1 aromatic heterocycles. The third-order valence-corrected chi connectivity index (χ3v) is 7.43. The predicted octanol–water partition coefficient (Wildman–Crippen LogP) is 6.66. The van der Waals surface area contributed by atoms with Crippen LogP contribution in [0.4, 0.5) is 22.0 Å². The van der Waals surface area contributed by atoms with Gasteiger partial charge in [0.2, 0.25) is 17.7 Å². The van der Waals surface area contributed by atoms with Gasteiger partial charge < -0.3 is 15.1 Å². The molecular weight excluding hydrogens is 583 g/mol. The molecule has 0 unspecified atom stereocenters. The van der Waals surface area contributed by atoms with Gasteiger partial charge in [-0.05, 0) is 63.7 Å². The zero-order chi connectivity index (χ0) is 32.2. The highest BCUT2D eigenvalue weighted by Gasteiger charge is 2.34. The SMILES string of the molecule is CC(N)=N/C(=C(/c1nnc(/C2=C/C(C)=N\C(C(F)(F)F)=C/CC2)o1)C(C)C)C1CCN(C(=O)Cc2c(F)cccc2F)CC1. The van der Waals surface area contributed by atoms with Gasteiger partial charge >= 0.3 is 6.18 Å². The number of carbonyl (C=O) groups is 1. The molecule has 0 radical (unpaired) electrons. The van der Waals surface area contributed by atoms with Crippen LogP contribution >= 0.6 is 0 Å². The Bertz CT molecular complexity index is 1520. The Morgan fingerprint density at radius 1 is 1.16 bits per heavy atom. The van der Waals surface area contributed by atoms with E-state index in [4.69, 9.17) is 10.2 Å². The summed E-state index contributed by atoms with van der Waals surface area (Å²) in [5, 5.41) is 8.48. The van der Waals surface area contributed by atoms with Gasteiger partial charge in [0.15, 0.2) is 0 Å². The lowest BCUT2D eigenvalue weighted by Crippen LogP contribution is -2.40. The van der Waals surface area contributed by atoms with Gasteiger partial charge in [-0.2, -0.15) is 13.2 Å². The summed E-state index contributed by atoms with van der Waals surface area (Å²) in [6.45, 7) is 7.71. The molecule has 4 rings (SSSR count). The third-order valence-electron chi connectivity index (χ3n) is 7.43. The van der Waals surface area contributed by atoms with Crippen LogP contribution in [0.2, 0.25) is 0 Å². The first kappa shape index (κ1) is 32.7. The monoisotopic (exact) mass is 618 g/mol. The number of piperidine rings is 1. The molecule has 2 N–H and O–H groups in total. The lowest BCUT2D eigenvalue weighted by Gasteiger charge is -2.33. The van der Waals surface area contributed by atoms with Crippen LogP contribution in [-0.2, 0) is 11.2 Å². The molecule has 3 heterocycles. The average molecular weight is 619 g/mol. The predicted molar refractivity (Wildman–Crippen MR) is 157 cm³/mol. The largest absolute Gasteiger partial charge is 0.433 e. The molecule has 8 nitrogen and oxygen atoms in total. The summed E-state index contributed by atoms with van der Waals surface area (Å²) in [4.78, 5) is 22.8. The number of halogens is 5. The number of hydrogen-bond acceptors (Lipinski definition) is 6. The van der Waals surface area contributed by atoms with Crippen LogP contribution in [0, 0.1) is 23.5 Å². The molecule has 0 bridgehead atoms. The van der Waals surface area contributed by atoms with Gasteiger partial charge in [0.1, 0.15) is 17.3 Å². The maximum Gasteiger partial charge on any atom is 0.433 e. The van der Waals surface area contributed by atoms with Crippen LogP contribution < -0.4 is 5.73 Å². The fourth-order valence-electron chi connectivity index (χ4n) is 5.35. The molecule has 44 heavy (non-hydrogen) atoms. The van der Waals surface area contributed by atoms with Crippen molar-refractivity contribution >= 4 is 28.6 Å². The summed E-state index contributed by atoms with van der Waals surface area (Å²) in [7, 11) is 0. The number of likely N-dealkylation sites (tertiary alicyclic amines) is 1. The quantitative estimate of drug-likeness (QED) is 0.212. The summed E-state index contributed by atoms with van der Waals surface area (Å²) >= 11 is 0. The Kier molecular flexibility index (Phi) is 10.2. The molecule has 0 spiro atoms. The zero-order valence-corrected chi connectivity index (χ0v) is 25.0. The van der Waals surface area contributed by atoms with E-state index < -0.39 is 23.5 Å². The molecule has 236 valence electrons. The molecule has 13 heteroatoms. The zero-order valence-electron chi connectivity index (χ0n) is 25.0. The van der Waals surface area contributed by atoms with E-state index in [1.54, 1.807) is 11.8 Å². The van der Waals surface area contributed by atoms with E-state index >= 15 is 0 Å². The highest BCUT2D eigenvalue weighted by molar-refractivity contribution is 5.99. The highest BCUT2D eigenvalue weighted by atomic mass is 19.4. The molecular formula is C31H35F5N6O2. The first-order valence-corrected chi connectivity index (χ1v) is 14.4. The number of amides is 1. The average Bonchev–Trinajstić information content (AvgIpc) is 3.40. The van der Waals surface area contributed by atoms with Gasteiger partial charge in [-0.15, -0.1) is 10.2 Å². The number of benzene rings is 1. The maximum absolute atomic E-state index is 14.1. The van der Waals surface area contributed by atoms with Crippen molar-refractivity contribution in [1.82, 2.24) is 15.1 Å². The van der Waals surface area contributed by atoms with Crippen LogP contribution in [-0.4, -0.2) is 51.8 Å². The van der Waals surface area contributed by atoms with Gasteiger partial charge in [0.25, 0.3) is 0 Å². The first-order valence-electron chi connectivity index (χ1n) is 14.4. The summed E-state index contributed by atoms with van der Waals surface area (Å²) in [5.74, 6) is -1.44. The summed E-state index contributed by atoms with van der Waals surface area (Å²) in [5.41, 5.74) is 6.86. The van der Waals surface area contributed by atoms with Crippen LogP contribution in [0.3, 0.4) is 0 Å². The van der Waals surface area contributed by atoms with Crippen molar-refractivity contribution < 1.29 is 31.2 Å². The van der Waals surface area contributed by atoms with E-state index in [0.717, 1.165) is 18.2 Å². The minimum Gasteiger partial charge on any atom is -0.417 e. The molecule has 0 aliphatic carbocycles. The Morgan fingerprint density at radius 2 is 1.82 bits per heavy atom. The number of nitrogens with two attached hydrogens (primary N) is 1. The van der Waals surface area contributed by atoms with Gasteiger partial charge in [0.05, 0.1) is 18.0 Å². The molecule has 0 atom stereocenters. The molecule has 1 aromatic carbocycles. The van der Waals surface area contributed by atoms with Crippen molar-refractivity contribution in [3.05, 3.63) is 70.7 Å². The van der Waals surface area contributed by atoms with Crippen molar-refractivity contribution in [2.75, 3.05) is 13.1 Å². The minimum absolute atomic E-state index is 0.0881. The van der Waals surface area contributed by atoms with Crippen LogP contribution in [0.5, 0.6) is 0 Å². The first-order chi connectivity index (χ1) is 20.7. The number of aromatic nitrogens is 2. The van der Waals surface area contributed by atoms with Crippen LogP contribution in [0.1, 0.15) is 70.7 Å². The molecule has 2 aromatic rings. The Morgan fingerprint density at radius 3 is 2.41 bits per heavy atom. The molecule has 2 aliphatic heterocycles. The number of nitrogens with zero attached hydrogens (tertiary/aromatic N) is 5. The van der Waals surface area contributed by atoms with E-state index in [-0.39, 0.29) is 60.1 Å². The highest BCUT2D eigenvalue weighted by Crippen LogP contribution is 2.37. The summed E-state index contributed by atoms with van der Waals surface area (Å²) in [6.07, 6.45) is -0.990. The Hall–Kier alpha value is -4.16. The van der Waals surface area contributed by atoms with E-state index in [9.17, 15) is 26.7 Å². The van der Waals surface area contributed by atoms with E-state index in [2.05, 4.69) is 20.2 Å². The van der Waals surface area contributed by atoms with E-state index in [1.807, 2.05) is 13.8 Å². The minimum atomic E-state index is -4.54. The van der Waals surface area contributed by atoms with Gasteiger partial charge in [-0.1, -0.05) is 26.0 Å². The second kappa shape index (κ2) is 13.6. The van der Waals surface area contributed by atoms with Crippen molar-refractivity contribution in [3.63, 3.8) is 0 Å². The molecule has 1 fully saturated rings. The summed E-state index contributed by atoms with van der Waals surface area (Å²) < 4.78 is 73.9. The topological polar surface area (TPSA) is 110 Å². The van der Waals surface area contributed by atoms with Gasteiger partial charge in [-0.3, -0.25) is 4.79 Å². The van der Waals surface area contributed by atoms with Crippen LogP contribution in [0.15, 0.2) is 56.1 Å². The lowest BCUT2D eigenvalue weighted by molar-refractivity contribution is -0.131. The van der Waals surface area contributed by atoms with Crippen molar-refractivity contribution in [1.29, 1.82) is 0 Å². The molecule has 0 saturated carbocycles. The van der Waals surface area contributed by atoms with Gasteiger partial charge in [0, 0.05) is 41.4 Å². The number of amidine groups is 1. The van der Waals surface area contributed by atoms with Crippen LogP contribution in [0.25, 0.3) is 11.1 Å². The second-order valence-corrected chi connectivity index (χ2v) is 11.2. The number of hydrogen-bond donors (Lipinski definition) is 1. The third kappa shape index (κ3) is 7.86. The van der Waals surface area contributed by atoms with E-state index in [1.165, 1.54) is 19.1 Å².